The second kappa shape index (κ2) is 6.38. The van der Waals surface area contributed by atoms with Crippen LogP contribution in [0.15, 0.2) is 41.7 Å². The summed E-state index contributed by atoms with van der Waals surface area (Å²) < 4.78 is 28.6. The number of aryl methyl sites for hydroxylation is 1. The zero-order valence-electron chi connectivity index (χ0n) is 12.2. The average Bonchev–Trinajstić information content (AvgIpc) is 2.87. The van der Waals surface area contributed by atoms with Gasteiger partial charge in [-0.25, -0.2) is 8.42 Å². The van der Waals surface area contributed by atoms with E-state index in [2.05, 4.69) is 4.98 Å². The molecule has 0 saturated heterocycles. The molecule has 2 N–H and O–H groups in total. The third-order valence-corrected chi connectivity index (χ3v) is 5.28. The third kappa shape index (κ3) is 3.31. The standard InChI is InChI=1S/C14H20N4O2S/c1-3-18(10-12-4-6-16-7-5-12)21(19,20)14-8-13(9-15)17(2)11-14/h4-8,11H,3,9-10,15H2,1-2H3. The molecule has 114 valence electrons. The van der Waals surface area contributed by atoms with E-state index in [4.69, 9.17) is 5.73 Å². The Labute approximate surface area is 125 Å². The highest BCUT2D eigenvalue weighted by atomic mass is 32.2. The van der Waals surface area contributed by atoms with Crippen molar-refractivity contribution in [2.24, 2.45) is 12.8 Å². The Morgan fingerprint density at radius 2 is 2.00 bits per heavy atom. The minimum atomic E-state index is -3.52. The predicted octanol–water partition coefficient (Wildman–Crippen LogP) is 1.09. The lowest BCUT2D eigenvalue weighted by Crippen LogP contribution is -2.30. The maximum atomic E-state index is 12.7. The van der Waals surface area contributed by atoms with Gasteiger partial charge in [-0.15, -0.1) is 0 Å². The summed E-state index contributed by atoms with van der Waals surface area (Å²) in [6, 6.07) is 5.26. The first-order valence-electron chi connectivity index (χ1n) is 6.73. The van der Waals surface area contributed by atoms with E-state index in [9.17, 15) is 8.42 Å². The predicted molar refractivity (Wildman–Crippen MR) is 80.8 cm³/mol. The lowest BCUT2D eigenvalue weighted by Gasteiger charge is -2.19. The largest absolute Gasteiger partial charge is 0.352 e. The van der Waals surface area contributed by atoms with Crippen LogP contribution in [0.25, 0.3) is 0 Å². The maximum Gasteiger partial charge on any atom is 0.244 e. The second-order valence-electron chi connectivity index (χ2n) is 4.77. The highest BCUT2D eigenvalue weighted by Gasteiger charge is 2.25. The van der Waals surface area contributed by atoms with Crippen molar-refractivity contribution < 1.29 is 8.42 Å². The number of rotatable bonds is 6. The van der Waals surface area contributed by atoms with Gasteiger partial charge in [-0.2, -0.15) is 4.31 Å². The van der Waals surface area contributed by atoms with E-state index in [0.29, 0.717) is 19.6 Å². The van der Waals surface area contributed by atoms with Crippen LogP contribution in [-0.2, 0) is 30.2 Å². The summed E-state index contributed by atoms with van der Waals surface area (Å²) in [7, 11) is -1.73. The molecule has 7 heteroatoms. The van der Waals surface area contributed by atoms with Gasteiger partial charge in [-0.1, -0.05) is 6.92 Å². The monoisotopic (exact) mass is 308 g/mol. The molecule has 2 heterocycles. The number of nitrogens with two attached hydrogens (primary N) is 1. The SMILES string of the molecule is CCN(Cc1ccncc1)S(=O)(=O)c1cc(CN)n(C)c1. The number of hydrogen-bond donors (Lipinski definition) is 1. The van der Waals surface area contributed by atoms with Crippen molar-refractivity contribution in [2.75, 3.05) is 6.54 Å². The average molecular weight is 308 g/mol. The quantitative estimate of drug-likeness (QED) is 0.866. The van der Waals surface area contributed by atoms with Gasteiger partial charge in [-0.3, -0.25) is 4.98 Å². The highest BCUT2D eigenvalue weighted by Crippen LogP contribution is 2.20. The van der Waals surface area contributed by atoms with Crippen LogP contribution in [0, 0.1) is 0 Å². The number of aromatic nitrogens is 2. The molecule has 0 aliphatic rings. The summed E-state index contributed by atoms with van der Waals surface area (Å²) in [5, 5.41) is 0. The van der Waals surface area contributed by atoms with Crippen LogP contribution in [0.5, 0.6) is 0 Å². The van der Waals surface area contributed by atoms with Gasteiger partial charge < -0.3 is 10.3 Å². The van der Waals surface area contributed by atoms with E-state index >= 15 is 0 Å². The summed E-state index contributed by atoms with van der Waals surface area (Å²) in [4.78, 5) is 4.22. The molecule has 0 atom stereocenters. The van der Waals surface area contributed by atoms with E-state index in [1.54, 1.807) is 36.3 Å². The zero-order chi connectivity index (χ0) is 15.5. The van der Waals surface area contributed by atoms with E-state index in [1.165, 1.54) is 4.31 Å². The van der Waals surface area contributed by atoms with E-state index in [0.717, 1.165) is 11.3 Å². The minimum absolute atomic E-state index is 0.279. The normalized spacial score (nSPS) is 12.0. The van der Waals surface area contributed by atoms with Gasteiger partial charge in [0.1, 0.15) is 4.90 Å². The van der Waals surface area contributed by atoms with Gasteiger partial charge in [0.05, 0.1) is 0 Å². The fraction of sp³-hybridized carbons (Fsp3) is 0.357. The van der Waals surface area contributed by atoms with Gasteiger partial charge in [0, 0.05) is 51.0 Å². The van der Waals surface area contributed by atoms with Crippen molar-refractivity contribution in [1.29, 1.82) is 0 Å². The van der Waals surface area contributed by atoms with Crippen molar-refractivity contribution in [3.05, 3.63) is 48.0 Å². The highest BCUT2D eigenvalue weighted by molar-refractivity contribution is 7.89. The molecule has 0 spiro atoms. The molecule has 0 aromatic carbocycles. The molecule has 21 heavy (non-hydrogen) atoms. The van der Waals surface area contributed by atoms with Gasteiger partial charge in [0.2, 0.25) is 10.0 Å². The van der Waals surface area contributed by atoms with E-state index < -0.39 is 10.0 Å². The van der Waals surface area contributed by atoms with Crippen LogP contribution in [-0.4, -0.2) is 28.8 Å². The smallest absolute Gasteiger partial charge is 0.244 e. The summed E-state index contributed by atoms with van der Waals surface area (Å²) in [6.45, 7) is 2.86. The van der Waals surface area contributed by atoms with Crippen molar-refractivity contribution in [3.63, 3.8) is 0 Å². The first kappa shape index (κ1) is 15.7. The second-order valence-corrected chi connectivity index (χ2v) is 6.71. The molecule has 0 radical (unpaired) electrons. The van der Waals surface area contributed by atoms with Crippen LogP contribution >= 0.6 is 0 Å². The Balaban J connectivity index is 2.31. The molecule has 6 nitrogen and oxygen atoms in total. The van der Waals surface area contributed by atoms with Crippen molar-refractivity contribution in [2.45, 2.75) is 24.9 Å². The first-order valence-corrected chi connectivity index (χ1v) is 8.17. The topological polar surface area (TPSA) is 81.2 Å². The molecule has 0 bridgehead atoms. The molecular weight excluding hydrogens is 288 g/mol. The van der Waals surface area contributed by atoms with Crippen molar-refractivity contribution in [3.8, 4) is 0 Å². The lowest BCUT2D eigenvalue weighted by atomic mass is 10.3. The fourth-order valence-corrected chi connectivity index (χ4v) is 3.66. The zero-order valence-corrected chi connectivity index (χ0v) is 13.0. The molecule has 2 aromatic rings. The molecule has 2 aromatic heterocycles. The van der Waals surface area contributed by atoms with Gasteiger partial charge in [0.25, 0.3) is 0 Å². The van der Waals surface area contributed by atoms with Crippen molar-refractivity contribution in [1.82, 2.24) is 13.9 Å². The Morgan fingerprint density at radius 1 is 1.33 bits per heavy atom. The lowest BCUT2D eigenvalue weighted by molar-refractivity contribution is 0.423. The summed E-state index contributed by atoms with van der Waals surface area (Å²) >= 11 is 0. The van der Waals surface area contributed by atoms with Crippen LogP contribution in [0.2, 0.25) is 0 Å². The summed E-state index contributed by atoms with van der Waals surface area (Å²) in [5.74, 6) is 0. The van der Waals surface area contributed by atoms with E-state index in [-0.39, 0.29) is 4.90 Å². The molecule has 0 aliphatic heterocycles. The molecule has 0 fully saturated rings. The Kier molecular flexibility index (Phi) is 4.76. The Hall–Kier alpha value is -1.70. The van der Waals surface area contributed by atoms with Gasteiger partial charge >= 0.3 is 0 Å². The molecule has 0 saturated carbocycles. The van der Waals surface area contributed by atoms with Crippen LogP contribution in [0.4, 0.5) is 0 Å². The summed E-state index contributed by atoms with van der Waals surface area (Å²) in [6.07, 6.45) is 4.92. The third-order valence-electron chi connectivity index (χ3n) is 3.39. The molecule has 0 aliphatic carbocycles. The Morgan fingerprint density at radius 3 is 2.52 bits per heavy atom. The van der Waals surface area contributed by atoms with Crippen molar-refractivity contribution >= 4 is 10.0 Å². The summed E-state index contributed by atoms with van der Waals surface area (Å²) in [5.41, 5.74) is 7.30. The van der Waals surface area contributed by atoms with Crippen LogP contribution in [0.3, 0.4) is 0 Å². The van der Waals surface area contributed by atoms with Crippen LogP contribution < -0.4 is 5.73 Å². The van der Waals surface area contributed by atoms with Gasteiger partial charge in [-0.05, 0) is 23.8 Å². The Bertz CT molecular complexity index is 695. The van der Waals surface area contributed by atoms with Crippen LogP contribution in [0.1, 0.15) is 18.2 Å². The number of hydrogen-bond acceptors (Lipinski definition) is 4. The maximum absolute atomic E-state index is 12.7. The first-order chi connectivity index (χ1) is 9.98. The number of pyridine rings is 1. The molecule has 2 rings (SSSR count). The van der Waals surface area contributed by atoms with E-state index in [1.807, 2.05) is 19.1 Å². The fourth-order valence-electron chi connectivity index (χ4n) is 2.13. The number of nitrogens with zero attached hydrogens (tertiary/aromatic N) is 3. The molecular formula is C14H20N4O2S. The molecule has 0 unspecified atom stereocenters. The number of sulfonamides is 1. The minimum Gasteiger partial charge on any atom is -0.352 e. The van der Waals surface area contributed by atoms with Gasteiger partial charge in [0.15, 0.2) is 0 Å². The molecule has 0 amide bonds.